The van der Waals surface area contributed by atoms with Crippen LogP contribution >= 0.6 is 27.5 Å². The highest BCUT2D eigenvalue weighted by Gasteiger charge is 2.03. The summed E-state index contributed by atoms with van der Waals surface area (Å²) < 4.78 is 5.88. The fourth-order valence-electron chi connectivity index (χ4n) is 1.40. The van der Waals surface area contributed by atoms with Gasteiger partial charge in [0.25, 0.3) is 0 Å². The van der Waals surface area contributed by atoms with E-state index >= 15 is 0 Å². The van der Waals surface area contributed by atoms with Gasteiger partial charge in [0.2, 0.25) is 5.89 Å². The van der Waals surface area contributed by atoms with Crippen LogP contribution in [0.1, 0.15) is 17.3 Å². The predicted octanol–water partition coefficient (Wildman–Crippen LogP) is 3.08. The number of nitrogens with zero attached hydrogens (tertiary/aromatic N) is 2. The van der Waals surface area contributed by atoms with Crippen molar-refractivity contribution < 1.29 is 4.52 Å². The molecule has 0 amide bonds. The Balaban J connectivity index is 1.91. The molecule has 0 fully saturated rings. The van der Waals surface area contributed by atoms with E-state index in [0.29, 0.717) is 24.8 Å². The van der Waals surface area contributed by atoms with Crippen molar-refractivity contribution in [2.24, 2.45) is 0 Å². The fourth-order valence-corrected chi connectivity index (χ4v) is 1.99. The molecule has 4 nitrogen and oxygen atoms in total. The molecule has 0 saturated heterocycles. The van der Waals surface area contributed by atoms with Crippen molar-refractivity contribution >= 4 is 27.5 Å². The highest BCUT2D eigenvalue weighted by molar-refractivity contribution is 9.10. The van der Waals surface area contributed by atoms with Crippen molar-refractivity contribution in [1.82, 2.24) is 15.5 Å². The third kappa shape index (κ3) is 3.52. The average Bonchev–Trinajstić information content (AvgIpc) is 2.69. The van der Waals surface area contributed by atoms with Gasteiger partial charge in [0, 0.05) is 23.0 Å². The summed E-state index contributed by atoms with van der Waals surface area (Å²) in [5.41, 5.74) is 1.03. The van der Waals surface area contributed by atoms with Gasteiger partial charge in [-0.25, -0.2) is 0 Å². The van der Waals surface area contributed by atoms with Crippen LogP contribution in [0.4, 0.5) is 0 Å². The first-order valence-corrected chi connectivity index (χ1v) is 6.26. The lowest BCUT2D eigenvalue weighted by Crippen LogP contribution is -2.14. The van der Waals surface area contributed by atoms with E-state index in [1.54, 1.807) is 6.92 Å². The summed E-state index contributed by atoms with van der Waals surface area (Å²) in [6.45, 7) is 2.98. The summed E-state index contributed by atoms with van der Waals surface area (Å²) in [5.74, 6) is 1.22. The number of aryl methyl sites for hydroxylation is 1. The molecule has 0 atom stereocenters. The Hall–Kier alpha value is -0.910. The maximum absolute atomic E-state index is 6.07. The minimum atomic E-state index is 0.556. The lowest BCUT2D eigenvalue weighted by atomic mass is 10.2. The average molecular weight is 317 g/mol. The van der Waals surface area contributed by atoms with E-state index in [9.17, 15) is 0 Å². The number of nitrogens with one attached hydrogen (secondary N) is 1. The zero-order valence-electron chi connectivity index (χ0n) is 9.20. The van der Waals surface area contributed by atoms with Crippen LogP contribution in [0.5, 0.6) is 0 Å². The molecule has 90 valence electrons. The van der Waals surface area contributed by atoms with Gasteiger partial charge in [-0.15, -0.1) is 0 Å². The van der Waals surface area contributed by atoms with Crippen LogP contribution in [-0.4, -0.2) is 10.1 Å². The Bertz CT molecular complexity index is 515. The van der Waals surface area contributed by atoms with E-state index in [1.165, 1.54) is 0 Å². The van der Waals surface area contributed by atoms with Crippen molar-refractivity contribution in [1.29, 1.82) is 0 Å². The van der Waals surface area contributed by atoms with Crippen LogP contribution in [0.3, 0.4) is 0 Å². The Morgan fingerprint density at radius 1 is 1.41 bits per heavy atom. The second-order valence-electron chi connectivity index (χ2n) is 3.57. The second-order valence-corrected chi connectivity index (χ2v) is 4.89. The Kier molecular flexibility index (Phi) is 4.15. The Labute approximate surface area is 112 Å². The highest BCUT2D eigenvalue weighted by Crippen LogP contribution is 2.20. The first-order chi connectivity index (χ1) is 8.15. The lowest BCUT2D eigenvalue weighted by molar-refractivity contribution is 0.385. The lowest BCUT2D eigenvalue weighted by Gasteiger charge is -2.05. The van der Waals surface area contributed by atoms with Gasteiger partial charge in [0.05, 0.1) is 6.54 Å². The summed E-state index contributed by atoms with van der Waals surface area (Å²) in [6.07, 6.45) is 0. The standard InChI is InChI=1S/C11H11BrClN3O/c1-7-15-11(16-17-7)6-14-5-8-4-9(12)2-3-10(8)13/h2-4,14H,5-6H2,1H3. The normalized spacial score (nSPS) is 10.8. The maximum Gasteiger partial charge on any atom is 0.223 e. The number of halogens is 2. The van der Waals surface area contributed by atoms with Gasteiger partial charge in [-0.3, -0.25) is 0 Å². The van der Waals surface area contributed by atoms with Gasteiger partial charge in [0.1, 0.15) is 0 Å². The van der Waals surface area contributed by atoms with Crippen LogP contribution in [-0.2, 0) is 13.1 Å². The van der Waals surface area contributed by atoms with Gasteiger partial charge < -0.3 is 9.84 Å². The van der Waals surface area contributed by atoms with Gasteiger partial charge in [-0.05, 0) is 23.8 Å². The number of hydrogen-bond acceptors (Lipinski definition) is 4. The Morgan fingerprint density at radius 3 is 2.94 bits per heavy atom. The molecule has 0 aliphatic carbocycles. The molecule has 17 heavy (non-hydrogen) atoms. The van der Waals surface area contributed by atoms with Gasteiger partial charge >= 0.3 is 0 Å². The SMILES string of the molecule is Cc1nc(CNCc2cc(Br)ccc2Cl)no1. The van der Waals surface area contributed by atoms with Crippen LogP contribution in [0.15, 0.2) is 27.2 Å². The minimum Gasteiger partial charge on any atom is -0.340 e. The van der Waals surface area contributed by atoms with Crippen LogP contribution < -0.4 is 5.32 Å². The molecular weight excluding hydrogens is 305 g/mol. The molecule has 1 N–H and O–H groups in total. The molecule has 0 aliphatic rings. The Morgan fingerprint density at radius 2 is 2.24 bits per heavy atom. The molecule has 0 saturated carbocycles. The smallest absolute Gasteiger partial charge is 0.223 e. The number of benzene rings is 1. The molecule has 2 rings (SSSR count). The van der Waals surface area contributed by atoms with Crippen molar-refractivity contribution in [3.8, 4) is 0 Å². The van der Waals surface area contributed by atoms with Crippen molar-refractivity contribution in [3.05, 3.63) is 45.0 Å². The quantitative estimate of drug-likeness (QED) is 0.942. The van der Waals surface area contributed by atoms with Gasteiger partial charge in [-0.2, -0.15) is 4.98 Å². The maximum atomic E-state index is 6.07. The summed E-state index contributed by atoms with van der Waals surface area (Å²) >= 11 is 9.48. The largest absolute Gasteiger partial charge is 0.340 e. The molecule has 0 aliphatic heterocycles. The van der Waals surface area contributed by atoms with E-state index in [-0.39, 0.29) is 0 Å². The third-order valence-electron chi connectivity index (χ3n) is 2.18. The zero-order chi connectivity index (χ0) is 12.3. The predicted molar refractivity (Wildman–Crippen MR) is 68.7 cm³/mol. The topological polar surface area (TPSA) is 51.0 Å². The molecule has 1 aromatic heterocycles. The monoisotopic (exact) mass is 315 g/mol. The molecule has 6 heteroatoms. The zero-order valence-corrected chi connectivity index (χ0v) is 11.5. The van der Waals surface area contributed by atoms with Crippen LogP contribution in [0.2, 0.25) is 5.02 Å². The van der Waals surface area contributed by atoms with E-state index in [1.807, 2.05) is 18.2 Å². The van der Waals surface area contributed by atoms with E-state index < -0.39 is 0 Å². The van der Waals surface area contributed by atoms with Gasteiger partial charge in [-0.1, -0.05) is 32.7 Å². The first-order valence-electron chi connectivity index (χ1n) is 5.09. The first kappa shape index (κ1) is 12.5. The number of rotatable bonds is 4. The molecule has 0 spiro atoms. The highest BCUT2D eigenvalue weighted by atomic mass is 79.9. The van der Waals surface area contributed by atoms with Crippen LogP contribution in [0, 0.1) is 6.92 Å². The second kappa shape index (κ2) is 5.62. The molecule has 0 radical (unpaired) electrons. The van der Waals surface area contributed by atoms with Gasteiger partial charge in [0.15, 0.2) is 5.82 Å². The van der Waals surface area contributed by atoms with Crippen molar-refractivity contribution in [2.75, 3.05) is 0 Å². The molecule has 1 aromatic carbocycles. The van der Waals surface area contributed by atoms with E-state index in [4.69, 9.17) is 16.1 Å². The molecule has 2 aromatic rings. The summed E-state index contributed by atoms with van der Waals surface area (Å²) in [7, 11) is 0. The number of aromatic nitrogens is 2. The molecule has 0 unspecified atom stereocenters. The van der Waals surface area contributed by atoms with Crippen molar-refractivity contribution in [3.63, 3.8) is 0 Å². The molecule has 1 heterocycles. The van der Waals surface area contributed by atoms with E-state index in [0.717, 1.165) is 15.1 Å². The fraction of sp³-hybridized carbons (Fsp3) is 0.273. The summed E-state index contributed by atoms with van der Waals surface area (Å²) in [4.78, 5) is 4.10. The molecule has 0 bridgehead atoms. The summed E-state index contributed by atoms with van der Waals surface area (Å²) in [5, 5.41) is 7.75. The van der Waals surface area contributed by atoms with Crippen molar-refractivity contribution in [2.45, 2.75) is 20.0 Å². The minimum absolute atomic E-state index is 0.556. The third-order valence-corrected chi connectivity index (χ3v) is 3.04. The van der Waals surface area contributed by atoms with Crippen LogP contribution in [0.25, 0.3) is 0 Å². The molecular formula is C11H11BrClN3O. The number of hydrogen-bond donors (Lipinski definition) is 1. The van der Waals surface area contributed by atoms with E-state index in [2.05, 4.69) is 31.4 Å². The summed E-state index contributed by atoms with van der Waals surface area (Å²) in [6, 6.07) is 5.76.